The molecule has 2 fully saturated rings. The lowest BCUT2D eigenvalue weighted by Crippen LogP contribution is -2.44. The van der Waals surface area contributed by atoms with E-state index < -0.39 is 23.8 Å². The van der Waals surface area contributed by atoms with Gasteiger partial charge in [0.15, 0.2) is 0 Å². The number of morpholine rings is 1. The van der Waals surface area contributed by atoms with Crippen LogP contribution in [0.25, 0.3) is 6.08 Å². The summed E-state index contributed by atoms with van der Waals surface area (Å²) < 4.78 is 46.5. The Morgan fingerprint density at radius 3 is 2.76 bits per heavy atom. The normalized spacial score (nSPS) is 22.4. The smallest absolute Gasteiger partial charge is 0.266 e. The topological polar surface area (TPSA) is 70.6 Å². The molecule has 0 saturated carbocycles. The van der Waals surface area contributed by atoms with Gasteiger partial charge in [0, 0.05) is 31.3 Å². The SMILES string of the molecule is C[C@@H](Nc1ncnc2c1C=C(C(=O)N1CC3CC1CO3)CN2C)c1cccc(C(F)F)c1F. The Bertz CT molecular complexity index is 1130. The molecule has 1 amide bonds. The van der Waals surface area contributed by atoms with Gasteiger partial charge in [-0.25, -0.2) is 23.1 Å². The highest BCUT2D eigenvalue weighted by molar-refractivity contribution is 6.02. The Kier molecular flexibility index (Phi) is 5.48. The molecule has 3 aliphatic heterocycles. The lowest BCUT2D eigenvalue weighted by molar-refractivity contribution is -0.131. The summed E-state index contributed by atoms with van der Waals surface area (Å²) in [6.45, 7) is 3.22. The molecule has 7 nitrogen and oxygen atoms in total. The van der Waals surface area contributed by atoms with Crippen molar-refractivity contribution in [3.05, 3.63) is 52.6 Å². The average molecular weight is 459 g/mol. The van der Waals surface area contributed by atoms with Gasteiger partial charge in [-0.05, 0) is 19.4 Å². The van der Waals surface area contributed by atoms with E-state index in [1.807, 2.05) is 16.8 Å². The highest BCUT2D eigenvalue weighted by Gasteiger charge is 2.42. The number of carbonyl (C=O) groups is 1. The fourth-order valence-corrected chi connectivity index (χ4v) is 4.81. The van der Waals surface area contributed by atoms with Crippen molar-refractivity contribution in [2.45, 2.75) is 38.0 Å². The maximum absolute atomic E-state index is 14.7. The first kappa shape index (κ1) is 21.7. The molecular formula is C23H24F3N5O2. The van der Waals surface area contributed by atoms with E-state index in [2.05, 4.69) is 15.3 Å². The maximum Gasteiger partial charge on any atom is 0.266 e. The van der Waals surface area contributed by atoms with Crippen molar-refractivity contribution in [1.82, 2.24) is 14.9 Å². The van der Waals surface area contributed by atoms with E-state index in [1.165, 1.54) is 18.5 Å². The van der Waals surface area contributed by atoms with E-state index in [0.717, 1.165) is 12.5 Å². The molecule has 4 heterocycles. The van der Waals surface area contributed by atoms with Crippen LogP contribution in [-0.4, -0.2) is 59.7 Å². The predicted octanol–water partition coefficient (Wildman–Crippen LogP) is 3.56. The largest absolute Gasteiger partial charge is 0.374 e. The summed E-state index contributed by atoms with van der Waals surface area (Å²) in [4.78, 5) is 25.6. The zero-order valence-electron chi connectivity index (χ0n) is 18.3. The van der Waals surface area contributed by atoms with Gasteiger partial charge in [-0.2, -0.15) is 0 Å². The van der Waals surface area contributed by atoms with Gasteiger partial charge in [0.2, 0.25) is 0 Å². The number of amides is 1. The second kappa shape index (κ2) is 8.33. The Labute approximate surface area is 189 Å². The third kappa shape index (κ3) is 3.82. The van der Waals surface area contributed by atoms with E-state index in [-0.39, 0.29) is 23.6 Å². The number of hydrogen-bond donors (Lipinski definition) is 1. The number of fused-ring (bicyclic) bond motifs is 3. The van der Waals surface area contributed by atoms with E-state index >= 15 is 0 Å². The summed E-state index contributed by atoms with van der Waals surface area (Å²) >= 11 is 0. The van der Waals surface area contributed by atoms with Crippen LogP contribution in [0.1, 0.15) is 42.5 Å². The molecule has 5 rings (SSSR count). The van der Waals surface area contributed by atoms with Gasteiger partial charge in [-0.15, -0.1) is 0 Å². The van der Waals surface area contributed by atoms with Crippen molar-refractivity contribution >= 4 is 23.6 Å². The van der Waals surface area contributed by atoms with E-state index in [4.69, 9.17) is 4.74 Å². The summed E-state index contributed by atoms with van der Waals surface area (Å²) in [5.41, 5.74) is 0.682. The van der Waals surface area contributed by atoms with Crippen LogP contribution < -0.4 is 10.2 Å². The van der Waals surface area contributed by atoms with E-state index in [9.17, 15) is 18.0 Å². The number of alkyl halides is 2. The molecule has 1 aromatic carbocycles. The fraction of sp³-hybridized carbons (Fsp3) is 0.435. The Balaban J connectivity index is 1.44. The van der Waals surface area contributed by atoms with Crippen molar-refractivity contribution in [1.29, 1.82) is 0 Å². The second-order valence-electron chi connectivity index (χ2n) is 8.70. The Morgan fingerprint density at radius 1 is 1.27 bits per heavy atom. The number of carbonyl (C=O) groups excluding carboxylic acids is 1. The van der Waals surface area contributed by atoms with Crippen LogP contribution in [0.2, 0.25) is 0 Å². The van der Waals surface area contributed by atoms with Gasteiger partial charge in [0.1, 0.15) is 23.8 Å². The molecule has 0 aliphatic carbocycles. The predicted molar refractivity (Wildman–Crippen MR) is 117 cm³/mol. The number of hydrogen-bond acceptors (Lipinski definition) is 6. The number of halogens is 3. The van der Waals surface area contributed by atoms with Gasteiger partial charge in [-0.3, -0.25) is 4.79 Å². The standard InChI is InChI=1S/C23H24F3N5O2/c1-12(16-4-3-5-17(19(16)24)20(25)26)29-21-18-6-13(8-30(2)22(18)28-11-27-21)23(32)31-9-15-7-14(31)10-33-15/h3-6,11-12,14-15,20H,7-10H2,1-2H3,(H,27,28,29)/t12-,14?,15?/m1/s1. The van der Waals surface area contributed by atoms with E-state index in [0.29, 0.717) is 42.5 Å². The molecule has 1 aromatic heterocycles. The van der Waals surface area contributed by atoms with Crippen LogP contribution in [0, 0.1) is 5.82 Å². The zero-order chi connectivity index (χ0) is 23.3. The molecule has 1 N–H and O–H groups in total. The third-order valence-corrected chi connectivity index (χ3v) is 6.50. The van der Waals surface area contributed by atoms with Gasteiger partial charge in [0.25, 0.3) is 12.3 Å². The quantitative estimate of drug-likeness (QED) is 0.738. The summed E-state index contributed by atoms with van der Waals surface area (Å²) in [6.07, 6.45) is 1.22. The van der Waals surface area contributed by atoms with E-state index in [1.54, 1.807) is 13.0 Å². The second-order valence-corrected chi connectivity index (χ2v) is 8.70. The molecule has 2 aromatic rings. The van der Waals surface area contributed by atoms with Crippen molar-refractivity contribution in [2.24, 2.45) is 0 Å². The van der Waals surface area contributed by atoms with Gasteiger partial charge >= 0.3 is 0 Å². The Morgan fingerprint density at radius 2 is 2.06 bits per heavy atom. The fourth-order valence-electron chi connectivity index (χ4n) is 4.81. The Hall–Kier alpha value is -3.14. The molecule has 0 spiro atoms. The van der Waals surface area contributed by atoms with Gasteiger partial charge < -0.3 is 19.9 Å². The number of nitrogens with zero attached hydrogens (tertiary/aromatic N) is 4. The van der Waals surface area contributed by atoms with Gasteiger partial charge in [-0.1, -0.05) is 18.2 Å². The van der Waals surface area contributed by atoms with Crippen molar-refractivity contribution < 1.29 is 22.7 Å². The number of benzene rings is 1. The van der Waals surface area contributed by atoms with Crippen molar-refractivity contribution in [2.75, 3.05) is 37.0 Å². The molecule has 3 aliphatic rings. The lowest BCUT2D eigenvalue weighted by Gasteiger charge is -2.32. The highest BCUT2D eigenvalue weighted by atomic mass is 19.3. The molecule has 2 unspecified atom stereocenters. The number of likely N-dealkylation sites (tertiary alicyclic amines) is 1. The number of rotatable bonds is 5. The molecule has 33 heavy (non-hydrogen) atoms. The minimum absolute atomic E-state index is 0.0400. The van der Waals surface area contributed by atoms with Crippen LogP contribution >= 0.6 is 0 Å². The summed E-state index contributed by atoms with van der Waals surface area (Å²) in [6, 6.07) is 3.41. The molecular weight excluding hydrogens is 435 g/mol. The zero-order valence-corrected chi connectivity index (χ0v) is 18.3. The summed E-state index contributed by atoms with van der Waals surface area (Å²) in [5, 5.41) is 3.12. The number of likely N-dealkylation sites (N-methyl/N-ethyl adjacent to an activating group) is 1. The van der Waals surface area contributed by atoms with Gasteiger partial charge in [0.05, 0.1) is 35.9 Å². The third-order valence-electron chi connectivity index (χ3n) is 6.50. The number of nitrogens with one attached hydrogen (secondary N) is 1. The van der Waals surface area contributed by atoms with Crippen LogP contribution in [0.4, 0.5) is 24.8 Å². The molecule has 3 atom stereocenters. The minimum Gasteiger partial charge on any atom is -0.374 e. The first-order valence-electron chi connectivity index (χ1n) is 10.9. The molecule has 0 radical (unpaired) electrons. The van der Waals surface area contributed by atoms with Crippen LogP contribution in [-0.2, 0) is 9.53 Å². The van der Waals surface area contributed by atoms with Crippen molar-refractivity contribution in [3.63, 3.8) is 0 Å². The maximum atomic E-state index is 14.7. The van der Waals surface area contributed by atoms with Crippen LogP contribution in [0.3, 0.4) is 0 Å². The first-order chi connectivity index (χ1) is 15.8. The number of anilines is 2. The van der Waals surface area contributed by atoms with Crippen LogP contribution in [0.5, 0.6) is 0 Å². The lowest BCUT2D eigenvalue weighted by atomic mass is 10.0. The molecule has 2 bridgehead atoms. The molecule has 10 heteroatoms. The average Bonchev–Trinajstić information content (AvgIpc) is 3.42. The monoisotopic (exact) mass is 459 g/mol. The molecule has 174 valence electrons. The summed E-state index contributed by atoms with van der Waals surface area (Å²) in [5.74, 6) is 0.0499. The number of aromatic nitrogens is 2. The minimum atomic E-state index is -2.90. The summed E-state index contributed by atoms with van der Waals surface area (Å²) in [7, 11) is 1.84. The number of ether oxygens (including phenoxy) is 1. The molecule has 2 saturated heterocycles. The van der Waals surface area contributed by atoms with Crippen LogP contribution in [0.15, 0.2) is 30.1 Å². The first-order valence-corrected chi connectivity index (χ1v) is 10.9. The highest BCUT2D eigenvalue weighted by Crippen LogP contribution is 2.35. The van der Waals surface area contributed by atoms with Crippen molar-refractivity contribution in [3.8, 4) is 0 Å².